The minimum absolute atomic E-state index is 0.156. The number of rotatable bonds is 5. The Balaban J connectivity index is 1.66. The lowest BCUT2D eigenvalue weighted by Gasteiger charge is -2.07. The highest BCUT2D eigenvalue weighted by atomic mass is 19.1. The first-order valence-electron chi connectivity index (χ1n) is 7.56. The van der Waals surface area contributed by atoms with Crippen LogP contribution < -0.4 is 5.32 Å². The van der Waals surface area contributed by atoms with Crippen molar-refractivity contribution < 1.29 is 13.7 Å². The van der Waals surface area contributed by atoms with Gasteiger partial charge in [-0.2, -0.15) is 0 Å². The molecule has 0 atom stereocenters. The molecule has 0 bridgehead atoms. The lowest BCUT2D eigenvalue weighted by molar-refractivity contribution is 0.0941. The van der Waals surface area contributed by atoms with Crippen molar-refractivity contribution in [2.24, 2.45) is 0 Å². The highest BCUT2D eigenvalue weighted by Crippen LogP contribution is 2.16. The van der Waals surface area contributed by atoms with E-state index >= 15 is 0 Å². The van der Waals surface area contributed by atoms with E-state index < -0.39 is 0 Å². The number of carbonyl (C=O) groups is 1. The molecule has 1 amide bonds. The van der Waals surface area contributed by atoms with Crippen molar-refractivity contribution in [3.63, 3.8) is 0 Å². The molecule has 0 spiro atoms. The molecular weight excluding hydrogens is 311 g/mol. The lowest BCUT2D eigenvalue weighted by atomic mass is 10.1. The van der Waals surface area contributed by atoms with Gasteiger partial charge in [0, 0.05) is 30.9 Å². The summed E-state index contributed by atoms with van der Waals surface area (Å²) in [5, 5.41) is 6.45. The number of halogens is 1. The first-order chi connectivity index (χ1) is 11.5. The van der Waals surface area contributed by atoms with Gasteiger partial charge in [0.1, 0.15) is 11.6 Å². The number of imidazole rings is 1. The van der Waals surface area contributed by atoms with Crippen molar-refractivity contribution in [2.45, 2.75) is 26.3 Å². The summed E-state index contributed by atoms with van der Waals surface area (Å²) in [5.74, 6) is 0.0627. The fraction of sp³-hybridized carbons (Fsp3) is 0.235. The molecule has 0 saturated heterocycles. The molecule has 3 rings (SSSR count). The zero-order valence-corrected chi connectivity index (χ0v) is 13.4. The molecule has 0 fully saturated rings. The molecule has 124 valence electrons. The summed E-state index contributed by atoms with van der Waals surface area (Å²) in [6.07, 6.45) is 4.77. The summed E-state index contributed by atoms with van der Waals surface area (Å²) in [4.78, 5) is 15.9. The van der Waals surface area contributed by atoms with Gasteiger partial charge in [0.05, 0.1) is 12.0 Å². The van der Waals surface area contributed by atoms with Gasteiger partial charge in [-0.3, -0.25) is 4.79 Å². The van der Waals surface area contributed by atoms with Gasteiger partial charge in [-0.15, -0.1) is 0 Å². The molecule has 2 aromatic heterocycles. The number of hydrogen-bond acceptors (Lipinski definition) is 4. The topological polar surface area (TPSA) is 73.0 Å². The molecule has 1 aromatic carbocycles. The molecule has 24 heavy (non-hydrogen) atoms. The van der Waals surface area contributed by atoms with Crippen LogP contribution in [0.2, 0.25) is 0 Å². The lowest BCUT2D eigenvalue weighted by Crippen LogP contribution is -2.23. The van der Waals surface area contributed by atoms with Gasteiger partial charge in [0.25, 0.3) is 5.91 Å². The minimum Gasteiger partial charge on any atom is -0.360 e. The Kier molecular flexibility index (Phi) is 4.41. The molecule has 0 aliphatic carbocycles. The molecule has 0 saturated carbocycles. The quantitative estimate of drug-likeness (QED) is 0.781. The number of aromatic nitrogens is 3. The standard InChI is InChI=1S/C17H17FN4O2/c1-11(2)16-8-14(21-24-16)17(23)20-9-12-3-4-15(13(18)7-12)22-6-5-19-10-22/h3-8,10-11H,9H2,1-2H3,(H,20,23). The molecule has 1 N–H and O–H groups in total. The Morgan fingerprint density at radius 3 is 2.83 bits per heavy atom. The van der Waals surface area contributed by atoms with Crippen molar-refractivity contribution in [1.29, 1.82) is 0 Å². The van der Waals surface area contributed by atoms with Crippen LogP contribution in [0.25, 0.3) is 5.69 Å². The second-order valence-corrected chi connectivity index (χ2v) is 5.71. The minimum atomic E-state index is -0.386. The molecule has 6 nitrogen and oxygen atoms in total. The third-order valence-corrected chi connectivity index (χ3v) is 3.58. The van der Waals surface area contributed by atoms with Gasteiger partial charge in [-0.05, 0) is 17.7 Å². The predicted octanol–water partition coefficient (Wildman–Crippen LogP) is 3.05. The SMILES string of the molecule is CC(C)c1cc(C(=O)NCc2ccc(-n3ccnc3)c(F)c2)no1. The van der Waals surface area contributed by atoms with Crippen LogP contribution in [0.4, 0.5) is 4.39 Å². The van der Waals surface area contributed by atoms with Crippen LogP contribution in [-0.4, -0.2) is 20.6 Å². The molecule has 0 aliphatic rings. The number of benzene rings is 1. The van der Waals surface area contributed by atoms with Crippen LogP contribution in [0.3, 0.4) is 0 Å². The van der Waals surface area contributed by atoms with Crippen LogP contribution in [0.1, 0.15) is 41.6 Å². The van der Waals surface area contributed by atoms with E-state index in [-0.39, 0.29) is 29.9 Å². The number of nitrogens with zero attached hydrogens (tertiary/aromatic N) is 3. The Morgan fingerprint density at radius 1 is 1.38 bits per heavy atom. The maximum Gasteiger partial charge on any atom is 0.273 e. The zero-order chi connectivity index (χ0) is 17.1. The first kappa shape index (κ1) is 15.9. The van der Waals surface area contributed by atoms with E-state index in [1.165, 1.54) is 12.4 Å². The van der Waals surface area contributed by atoms with Crippen LogP contribution >= 0.6 is 0 Å². The van der Waals surface area contributed by atoms with Gasteiger partial charge < -0.3 is 14.4 Å². The number of nitrogens with one attached hydrogen (secondary N) is 1. The smallest absolute Gasteiger partial charge is 0.273 e. The Bertz CT molecular complexity index is 840. The maximum absolute atomic E-state index is 14.2. The molecular formula is C17H17FN4O2. The van der Waals surface area contributed by atoms with E-state index in [2.05, 4.69) is 15.5 Å². The van der Waals surface area contributed by atoms with Crippen molar-refractivity contribution >= 4 is 5.91 Å². The van der Waals surface area contributed by atoms with Crippen LogP contribution in [0.5, 0.6) is 0 Å². The Hall–Kier alpha value is -2.96. The van der Waals surface area contributed by atoms with E-state index in [1.807, 2.05) is 13.8 Å². The highest BCUT2D eigenvalue weighted by molar-refractivity contribution is 5.92. The Morgan fingerprint density at radius 2 is 2.21 bits per heavy atom. The average Bonchev–Trinajstić information content (AvgIpc) is 3.24. The van der Waals surface area contributed by atoms with Crippen molar-refractivity contribution in [2.75, 3.05) is 0 Å². The van der Waals surface area contributed by atoms with Crippen LogP contribution in [0.15, 0.2) is 47.5 Å². The van der Waals surface area contributed by atoms with Gasteiger partial charge in [0.15, 0.2) is 5.69 Å². The fourth-order valence-electron chi connectivity index (χ4n) is 2.21. The summed E-state index contributed by atoms with van der Waals surface area (Å²) < 4.78 is 20.8. The number of hydrogen-bond donors (Lipinski definition) is 1. The Labute approximate surface area is 138 Å². The zero-order valence-electron chi connectivity index (χ0n) is 13.4. The molecule has 2 heterocycles. The maximum atomic E-state index is 14.2. The number of carbonyl (C=O) groups excluding carboxylic acids is 1. The molecule has 3 aromatic rings. The third kappa shape index (κ3) is 3.34. The highest BCUT2D eigenvalue weighted by Gasteiger charge is 2.14. The van der Waals surface area contributed by atoms with E-state index in [4.69, 9.17) is 4.52 Å². The summed E-state index contributed by atoms with van der Waals surface area (Å²) in [6, 6.07) is 6.40. The van der Waals surface area contributed by atoms with Gasteiger partial charge in [0.2, 0.25) is 0 Å². The predicted molar refractivity (Wildman–Crippen MR) is 85.3 cm³/mol. The molecule has 0 unspecified atom stereocenters. The second-order valence-electron chi connectivity index (χ2n) is 5.71. The first-order valence-corrected chi connectivity index (χ1v) is 7.56. The fourth-order valence-corrected chi connectivity index (χ4v) is 2.21. The van der Waals surface area contributed by atoms with Crippen LogP contribution in [-0.2, 0) is 6.54 Å². The van der Waals surface area contributed by atoms with E-state index in [0.717, 1.165) is 0 Å². The second kappa shape index (κ2) is 6.66. The average molecular weight is 328 g/mol. The van der Waals surface area contributed by atoms with Crippen molar-refractivity contribution in [3.8, 4) is 5.69 Å². The van der Waals surface area contributed by atoms with E-state index in [9.17, 15) is 9.18 Å². The van der Waals surface area contributed by atoms with Gasteiger partial charge in [-0.1, -0.05) is 25.1 Å². The molecule has 0 radical (unpaired) electrons. The van der Waals surface area contributed by atoms with Gasteiger partial charge >= 0.3 is 0 Å². The monoisotopic (exact) mass is 328 g/mol. The van der Waals surface area contributed by atoms with E-state index in [0.29, 0.717) is 17.0 Å². The molecule has 0 aliphatic heterocycles. The third-order valence-electron chi connectivity index (χ3n) is 3.58. The molecule has 7 heteroatoms. The number of amides is 1. The van der Waals surface area contributed by atoms with Crippen molar-refractivity contribution in [3.05, 3.63) is 65.8 Å². The summed E-state index contributed by atoms with van der Waals surface area (Å²) in [5.41, 5.74) is 1.27. The summed E-state index contributed by atoms with van der Waals surface area (Å²) >= 11 is 0. The summed E-state index contributed by atoms with van der Waals surface area (Å²) in [7, 11) is 0. The van der Waals surface area contributed by atoms with Crippen molar-refractivity contribution in [1.82, 2.24) is 20.0 Å². The van der Waals surface area contributed by atoms with Gasteiger partial charge in [-0.25, -0.2) is 9.37 Å². The largest absolute Gasteiger partial charge is 0.360 e. The van der Waals surface area contributed by atoms with E-state index in [1.54, 1.807) is 35.2 Å². The van der Waals surface area contributed by atoms with Crippen LogP contribution in [0, 0.1) is 5.82 Å². The normalized spacial score (nSPS) is 11.0. The summed E-state index contributed by atoms with van der Waals surface area (Å²) in [6.45, 7) is 4.10.